The molecule has 1 aromatic carbocycles. The van der Waals surface area contributed by atoms with E-state index in [1.165, 1.54) is 22.7 Å². The highest BCUT2D eigenvalue weighted by Gasteiger charge is 2.17. The first-order chi connectivity index (χ1) is 11.1. The first kappa shape index (κ1) is 15.5. The summed E-state index contributed by atoms with van der Waals surface area (Å²) in [7, 11) is 0. The lowest BCUT2D eigenvalue weighted by Crippen LogP contribution is -2.40. The van der Waals surface area contributed by atoms with E-state index >= 15 is 0 Å². The highest BCUT2D eigenvalue weighted by molar-refractivity contribution is 5.76. The van der Waals surface area contributed by atoms with Crippen LogP contribution >= 0.6 is 0 Å². The molecule has 0 saturated carbocycles. The van der Waals surface area contributed by atoms with Crippen molar-refractivity contribution in [3.05, 3.63) is 52.3 Å². The van der Waals surface area contributed by atoms with Crippen molar-refractivity contribution in [1.82, 2.24) is 14.7 Å². The molecule has 120 valence electrons. The summed E-state index contributed by atoms with van der Waals surface area (Å²) in [5, 5.41) is 4.36. The van der Waals surface area contributed by atoms with Crippen LogP contribution in [-0.4, -0.2) is 33.7 Å². The molecule has 0 atom stereocenters. The molecule has 1 amide bonds. The molecule has 3 rings (SSSR count). The fourth-order valence-corrected chi connectivity index (χ4v) is 2.81. The fraction of sp³-hybridized carbons (Fsp3) is 0.389. The minimum Gasteiger partial charge on any atom is -0.341 e. The minimum absolute atomic E-state index is 0.0124. The van der Waals surface area contributed by atoms with Crippen LogP contribution < -0.4 is 5.56 Å². The van der Waals surface area contributed by atoms with Gasteiger partial charge in [-0.15, -0.1) is 0 Å². The van der Waals surface area contributed by atoms with E-state index in [-0.39, 0.29) is 18.0 Å². The molecule has 2 aromatic rings. The Bertz CT molecular complexity index is 744. The monoisotopic (exact) mass is 311 g/mol. The van der Waals surface area contributed by atoms with Gasteiger partial charge in [-0.25, -0.2) is 4.68 Å². The number of rotatable bonds is 3. The molecule has 1 fully saturated rings. The first-order valence-corrected chi connectivity index (χ1v) is 8.06. The number of carbonyl (C=O) groups is 1. The van der Waals surface area contributed by atoms with Gasteiger partial charge in [0.15, 0.2) is 0 Å². The number of piperidine rings is 1. The van der Waals surface area contributed by atoms with Gasteiger partial charge in [-0.3, -0.25) is 9.59 Å². The molecule has 2 heterocycles. The van der Waals surface area contributed by atoms with Gasteiger partial charge in [0.1, 0.15) is 6.54 Å². The maximum absolute atomic E-state index is 12.3. The molecule has 0 aliphatic carbocycles. The summed E-state index contributed by atoms with van der Waals surface area (Å²) < 4.78 is 1.27. The van der Waals surface area contributed by atoms with E-state index in [4.69, 9.17) is 0 Å². The van der Waals surface area contributed by atoms with Gasteiger partial charge in [-0.05, 0) is 32.3 Å². The van der Waals surface area contributed by atoms with Crippen molar-refractivity contribution >= 4 is 5.91 Å². The Kier molecular flexibility index (Phi) is 4.55. The Labute approximate surface area is 135 Å². The van der Waals surface area contributed by atoms with Crippen LogP contribution in [0.5, 0.6) is 0 Å². The van der Waals surface area contributed by atoms with E-state index in [9.17, 15) is 9.59 Å². The zero-order valence-corrected chi connectivity index (χ0v) is 13.4. The predicted octanol–water partition coefficient (Wildman–Crippen LogP) is 2.23. The van der Waals surface area contributed by atoms with Crippen molar-refractivity contribution in [2.24, 2.45) is 0 Å². The van der Waals surface area contributed by atoms with Crippen molar-refractivity contribution in [2.75, 3.05) is 13.1 Å². The van der Waals surface area contributed by atoms with Crippen molar-refractivity contribution in [3.63, 3.8) is 0 Å². The van der Waals surface area contributed by atoms with Crippen molar-refractivity contribution in [2.45, 2.75) is 32.7 Å². The zero-order chi connectivity index (χ0) is 16.2. The first-order valence-electron chi connectivity index (χ1n) is 8.06. The second-order valence-corrected chi connectivity index (χ2v) is 6.02. The van der Waals surface area contributed by atoms with Crippen LogP contribution in [0, 0.1) is 6.92 Å². The van der Waals surface area contributed by atoms with Crippen LogP contribution in [0.3, 0.4) is 0 Å². The van der Waals surface area contributed by atoms with Gasteiger partial charge < -0.3 is 4.90 Å². The molecule has 0 bridgehead atoms. The summed E-state index contributed by atoms with van der Waals surface area (Å²) in [5.41, 5.74) is 2.57. The third kappa shape index (κ3) is 3.67. The zero-order valence-electron chi connectivity index (χ0n) is 13.4. The number of carbonyl (C=O) groups excluding carboxylic acids is 1. The lowest BCUT2D eigenvalue weighted by Gasteiger charge is -2.26. The molecule has 0 spiro atoms. The topological polar surface area (TPSA) is 55.2 Å². The molecule has 1 saturated heterocycles. The van der Waals surface area contributed by atoms with Crippen LogP contribution in [0.2, 0.25) is 0 Å². The summed E-state index contributed by atoms with van der Waals surface area (Å²) in [6.45, 7) is 3.60. The molecule has 23 heavy (non-hydrogen) atoms. The number of benzene rings is 1. The quantitative estimate of drug-likeness (QED) is 0.873. The normalized spacial score (nSPS) is 14.7. The number of hydrogen-bond donors (Lipinski definition) is 0. The summed E-state index contributed by atoms with van der Waals surface area (Å²) in [6.07, 6.45) is 3.25. The van der Waals surface area contributed by atoms with Crippen LogP contribution in [-0.2, 0) is 11.3 Å². The lowest BCUT2D eigenvalue weighted by molar-refractivity contribution is -0.133. The van der Waals surface area contributed by atoms with Gasteiger partial charge >= 0.3 is 0 Å². The average Bonchev–Trinajstić information content (AvgIpc) is 2.58. The lowest BCUT2D eigenvalue weighted by atomic mass is 10.1. The summed E-state index contributed by atoms with van der Waals surface area (Å²) >= 11 is 0. The van der Waals surface area contributed by atoms with Gasteiger partial charge in [0.2, 0.25) is 5.91 Å². The second kappa shape index (κ2) is 6.77. The maximum Gasteiger partial charge on any atom is 0.267 e. The van der Waals surface area contributed by atoms with E-state index in [0.29, 0.717) is 5.69 Å². The molecule has 0 radical (unpaired) electrons. The van der Waals surface area contributed by atoms with Crippen molar-refractivity contribution in [1.29, 1.82) is 0 Å². The third-order valence-electron chi connectivity index (χ3n) is 4.21. The molecular weight excluding hydrogens is 290 g/mol. The molecule has 1 aromatic heterocycles. The number of nitrogens with zero attached hydrogens (tertiary/aromatic N) is 3. The van der Waals surface area contributed by atoms with E-state index in [2.05, 4.69) is 5.10 Å². The van der Waals surface area contributed by atoms with Crippen LogP contribution in [0.4, 0.5) is 0 Å². The minimum atomic E-state index is -0.244. The fourth-order valence-electron chi connectivity index (χ4n) is 2.81. The summed E-state index contributed by atoms with van der Waals surface area (Å²) in [5.74, 6) is -0.0274. The number of aromatic nitrogens is 2. The van der Waals surface area contributed by atoms with Gasteiger partial charge in [-0.2, -0.15) is 5.10 Å². The van der Waals surface area contributed by atoms with E-state index in [0.717, 1.165) is 31.5 Å². The van der Waals surface area contributed by atoms with Gasteiger partial charge in [0.05, 0.1) is 5.69 Å². The molecule has 5 heteroatoms. The number of likely N-dealkylation sites (tertiary alicyclic amines) is 1. The number of hydrogen-bond acceptors (Lipinski definition) is 3. The highest BCUT2D eigenvalue weighted by atomic mass is 16.2. The van der Waals surface area contributed by atoms with Gasteiger partial charge in [-0.1, -0.05) is 29.8 Å². The van der Waals surface area contributed by atoms with E-state index < -0.39 is 0 Å². The Hall–Kier alpha value is -2.43. The highest BCUT2D eigenvalue weighted by Crippen LogP contribution is 2.16. The molecule has 0 unspecified atom stereocenters. The Morgan fingerprint density at radius 2 is 1.74 bits per heavy atom. The van der Waals surface area contributed by atoms with Crippen molar-refractivity contribution in [3.8, 4) is 11.3 Å². The van der Waals surface area contributed by atoms with Gasteiger partial charge in [0.25, 0.3) is 5.56 Å². The van der Waals surface area contributed by atoms with Crippen molar-refractivity contribution < 1.29 is 4.79 Å². The van der Waals surface area contributed by atoms with Crippen LogP contribution in [0.1, 0.15) is 24.8 Å². The molecule has 5 nitrogen and oxygen atoms in total. The SMILES string of the molecule is Cc1ccc(-c2ccc(=O)n(CC(=O)N3CCCCC3)n2)cc1. The Balaban J connectivity index is 1.81. The molecular formula is C18H21N3O2. The second-order valence-electron chi connectivity index (χ2n) is 6.02. The molecule has 0 N–H and O–H groups in total. The maximum atomic E-state index is 12.3. The largest absolute Gasteiger partial charge is 0.341 e. The van der Waals surface area contributed by atoms with Crippen LogP contribution in [0.15, 0.2) is 41.2 Å². The third-order valence-corrected chi connectivity index (χ3v) is 4.21. The number of amides is 1. The van der Waals surface area contributed by atoms with Crippen LogP contribution in [0.25, 0.3) is 11.3 Å². The van der Waals surface area contributed by atoms with Gasteiger partial charge in [0, 0.05) is 24.7 Å². The van der Waals surface area contributed by atoms with E-state index in [1.54, 1.807) is 6.07 Å². The van der Waals surface area contributed by atoms with E-state index in [1.807, 2.05) is 36.1 Å². The smallest absolute Gasteiger partial charge is 0.267 e. The Morgan fingerprint density at radius 1 is 1.04 bits per heavy atom. The Morgan fingerprint density at radius 3 is 2.43 bits per heavy atom. The standard InChI is InChI=1S/C18H21N3O2/c1-14-5-7-15(8-6-14)16-9-10-17(22)21(19-16)13-18(23)20-11-3-2-4-12-20/h5-10H,2-4,11-13H2,1H3. The molecule has 1 aliphatic rings. The molecule has 1 aliphatic heterocycles. The summed E-state index contributed by atoms with van der Waals surface area (Å²) in [4.78, 5) is 26.2. The average molecular weight is 311 g/mol. The number of aryl methyl sites for hydroxylation is 1. The predicted molar refractivity (Wildman–Crippen MR) is 89.1 cm³/mol. The summed E-state index contributed by atoms with van der Waals surface area (Å²) in [6, 6.07) is 11.1.